The molecule has 0 spiro atoms. The highest BCUT2D eigenvalue weighted by molar-refractivity contribution is 5.94. The van der Waals surface area contributed by atoms with Gasteiger partial charge in [0.15, 0.2) is 5.60 Å². The standard InChI is InChI=1S/C25H31NO7/c1-14(2)26-22(30)18-10-6-16(7-11-18)12-19(28)24(32)21(17-8-4-15(3)5-9-17)25(33,23(24)31)20(29)13-27/h4-12,14,20-21,23,27-29,31-33H,13H2,1-3H3,(H,26,30)/t20-,21?,23-,24-,25+/m1/s1. The molecule has 0 aromatic heterocycles. The molecule has 3 rings (SSSR count). The van der Waals surface area contributed by atoms with Crippen molar-refractivity contribution in [3.05, 3.63) is 76.5 Å². The molecule has 0 saturated heterocycles. The van der Waals surface area contributed by atoms with Gasteiger partial charge in [0, 0.05) is 11.6 Å². The molecule has 1 unspecified atom stereocenters. The average molecular weight is 458 g/mol. The van der Waals surface area contributed by atoms with Gasteiger partial charge in [0.05, 0.1) is 12.5 Å². The molecule has 0 aliphatic heterocycles. The number of aliphatic hydroxyl groups is 6. The van der Waals surface area contributed by atoms with Crippen LogP contribution in [0.5, 0.6) is 0 Å². The highest BCUT2D eigenvalue weighted by Crippen LogP contribution is 2.58. The van der Waals surface area contributed by atoms with Crippen LogP contribution < -0.4 is 5.32 Å². The molecule has 7 N–H and O–H groups in total. The number of rotatable bonds is 7. The van der Waals surface area contributed by atoms with Crippen molar-refractivity contribution in [3.8, 4) is 0 Å². The molecule has 1 aliphatic rings. The van der Waals surface area contributed by atoms with Crippen molar-refractivity contribution in [2.45, 2.75) is 56.1 Å². The maximum Gasteiger partial charge on any atom is 0.251 e. The normalized spacial score (nSPS) is 28.3. The number of amides is 1. The van der Waals surface area contributed by atoms with Gasteiger partial charge in [0.2, 0.25) is 0 Å². The maximum absolute atomic E-state index is 12.1. The van der Waals surface area contributed by atoms with E-state index in [1.54, 1.807) is 48.5 Å². The second-order valence-corrected chi connectivity index (χ2v) is 8.94. The molecule has 2 aromatic rings. The van der Waals surface area contributed by atoms with Gasteiger partial charge in [-0.25, -0.2) is 0 Å². The van der Waals surface area contributed by atoms with Crippen LogP contribution in [0.3, 0.4) is 0 Å². The highest BCUT2D eigenvalue weighted by Gasteiger charge is 2.75. The quantitative estimate of drug-likeness (QED) is 0.307. The summed E-state index contributed by atoms with van der Waals surface area (Å²) in [7, 11) is 0. The monoisotopic (exact) mass is 457 g/mol. The van der Waals surface area contributed by atoms with Crippen LogP contribution in [-0.4, -0.2) is 72.6 Å². The molecule has 5 atom stereocenters. The summed E-state index contributed by atoms with van der Waals surface area (Å²) < 4.78 is 0. The summed E-state index contributed by atoms with van der Waals surface area (Å²) in [6.07, 6.45) is -2.52. The van der Waals surface area contributed by atoms with Gasteiger partial charge in [-0.05, 0) is 50.1 Å². The first-order chi connectivity index (χ1) is 15.5. The Bertz CT molecular complexity index is 1020. The van der Waals surface area contributed by atoms with E-state index in [1.165, 1.54) is 6.08 Å². The Labute approximate surface area is 192 Å². The Morgan fingerprint density at radius 2 is 1.67 bits per heavy atom. The summed E-state index contributed by atoms with van der Waals surface area (Å²) >= 11 is 0. The van der Waals surface area contributed by atoms with Crippen molar-refractivity contribution in [1.29, 1.82) is 0 Å². The zero-order valence-electron chi connectivity index (χ0n) is 18.8. The number of hydrogen-bond acceptors (Lipinski definition) is 7. The molecule has 1 amide bonds. The van der Waals surface area contributed by atoms with E-state index in [4.69, 9.17) is 0 Å². The van der Waals surface area contributed by atoms with Gasteiger partial charge in [0.25, 0.3) is 5.91 Å². The fourth-order valence-corrected chi connectivity index (χ4v) is 4.36. The second-order valence-electron chi connectivity index (χ2n) is 8.94. The zero-order valence-corrected chi connectivity index (χ0v) is 18.8. The Hall–Kier alpha value is -2.75. The highest BCUT2D eigenvalue weighted by atomic mass is 16.4. The number of hydrogen-bond donors (Lipinski definition) is 7. The topological polar surface area (TPSA) is 150 Å². The molecule has 0 heterocycles. The molecule has 1 aliphatic carbocycles. The minimum atomic E-state index is -2.33. The molecule has 8 heteroatoms. The van der Waals surface area contributed by atoms with Gasteiger partial charge in [0.1, 0.15) is 23.6 Å². The molecule has 1 fully saturated rings. The van der Waals surface area contributed by atoms with Gasteiger partial charge < -0.3 is 36.0 Å². The molecular formula is C25H31NO7. The van der Waals surface area contributed by atoms with Crippen molar-refractivity contribution < 1.29 is 35.4 Å². The van der Waals surface area contributed by atoms with Crippen molar-refractivity contribution >= 4 is 12.0 Å². The molecule has 0 bridgehead atoms. The fourth-order valence-electron chi connectivity index (χ4n) is 4.36. The summed E-state index contributed by atoms with van der Waals surface area (Å²) in [6.45, 7) is 4.69. The smallest absolute Gasteiger partial charge is 0.251 e. The Morgan fingerprint density at radius 3 is 2.18 bits per heavy atom. The summed E-state index contributed by atoms with van der Waals surface area (Å²) in [6, 6.07) is 12.9. The third-order valence-electron chi connectivity index (χ3n) is 6.18. The molecule has 178 valence electrons. The van der Waals surface area contributed by atoms with Crippen molar-refractivity contribution in [2.75, 3.05) is 6.61 Å². The largest absolute Gasteiger partial charge is 0.509 e. The number of aryl methyl sites for hydroxylation is 1. The van der Waals surface area contributed by atoms with Crippen LogP contribution in [0.1, 0.15) is 46.8 Å². The maximum atomic E-state index is 12.1. The number of carbonyl (C=O) groups excluding carboxylic acids is 1. The predicted octanol–water partition coefficient (Wildman–Crippen LogP) is 1.01. The molecule has 33 heavy (non-hydrogen) atoms. The van der Waals surface area contributed by atoms with E-state index in [0.29, 0.717) is 16.7 Å². The van der Waals surface area contributed by atoms with Crippen LogP contribution in [0, 0.1) is 6.92 Å². The average Bonchev–Trinajstić information content (AvgIpc) is 2.79. The zero-order chi connectivity index (χ0) is 24.6. The summed E-state index contributed by atoms with van der Waals surface area (Å²) in [5.41, 5.74) is -2.48. The molecular weight excluding hydrogens is 426 g/mol. The van der Waals surface area contributed by atoms with E-state index in [0.717, 1.165) is 5.56 Å². The fraction of sp³-hybridized carbons (Fsp3) is 0.400. The Balaban J connectivity index is 1.97. The second kappa shape index (κ2) is 9.24. The van der Waals surface area contributed by atoms with Gasteiger partial charge in [-0.2, -0.15) is 0 Å². The minimum Gasteiger partial charge on any atom is -0.509 e. The molecule has 8 nitrogen and oxygen atoms in total. The first kappa shape index (κ1) is 24.9. The first-order valence-corrected chi connectivity index (χ1v) is 10.8. The summed E-state index contributed by atoms with van der Waals surface area (Å²) in [4.78, 5) is 12.1. The van der Waals surface area contributed by atoms with Crippen LogP contribution in [-0.2, 0) is 0 Å². The lowest BCUT2D eigenvalue weighted by atomic mass is 9.50. The van der Waals surface area contributed by atoms with Gasteiger partial charge in [-0.3, -0.25) is 4.79 Å². The predicted molar refractivity (Wildman–Crippen MR) is 123 cm³/mol. The van der Waals surface area contributed by atoms with E-state index in [2.05, 4.69) is 5.32 Å². The number of benzene rings is 2. The molecule has 0 radical (unpaired) electrons. The van der Waals surface area contributed by atoms with Crippen molar-refractivity contribution in [3.63, 3.8) is 0 Å². The lowest BCUT2D eigenvalue weighted by Crippen LogP contribution is -2.80. The van der Waals surface area contributed by atoms with Crippen LogP contribution >= 0.6 is 0 Å². The van der Waals surface area contributed by atoms with Crippen LogP contribution in [0.4, 0.5) is 0 Å². The lowest BCUT2D eigenvalue weighted by molar-refractivity contribution is -0.313. The number of carbonyl (C=O) groups is 1. The van der Waals surface area contributed by atoms with Crippen LogP contribution in [0.15, 0.2) is 54.3 Å². The Kier molecular flexibility index (Phi) is 6.97. The minimum absolute atomic E-state index is 0.0257. The van der Waals surface area contributed by atoms with E-state index in [1.807, 2.05) is 20.8 Å². The van der Waals surface area contributed by atoms with E-state index in [-0.39, 0.29) is 11.9 Å². The summed E-state index contributed by atoms with van der Waals surface area (Å²) in [5, 5.41) is 66.3. The Morgan fingerprint density at radius 1 is 1.09 bits per heavy atom. The summed E-state index contributed by atoms with van der Waals surface area (Å²) in [5.74, 6) is -2.20. The van der Waals surface area contributed by atoms with Crippen molar-refractivity contribution in [2.24, 2.45) is 0 Å². The molecule has 1 saturated carbocycles. The lowest BCUT2D eigenvalue weighted by Gasteiger charge is -2.62. The van der Waals surface area contributed by atoms with E-state index < -0.39 is 41.7 Å². The third-order valence-corrected chi connectivity index (χ3v) is 6.18. The van der Waals surface area contributed by atoms with E-state index >= 15 is 0 Å². The molecule has 2 aromatic carbocycles. The van der Waals surface area contributed by atoms with Gasteiger partial charge in [-0.15, -0.1) is 0 Å². The van der Waals surface area contributed by atoms with Crippen LogP contribution in [0.25, 0.3) is 6.08 Å². The van der Waals surface area contributed by atoms with E-state index in [9.17, 15) is 35.4 Å². The van der Waals surface area contributed by atoms with Gasteiger partial charge >= 0.3 is 0 Å². The van der Waals surface area contributed by atoms with Crippen molar-refractivity contribution in [1.82, 2.24) is 5.32 Å². The first-order valence-electron chi connectivity index (χ1n) is 10.8. The SMILES string of the molecule is Cc1ccc(C2[C@@](O)([C@H](O)CO)[C@H](O)[C@@]2(O)C(O)=Cc2ccc(C(=O)NC(C)C)cc2)cc1. The number of nitrogens with one attached hydrogen (secondary N) is 1. The third kappa shape index (κ3) is 4.28. The number of aliphatic hydroxyl groups excluding tert-OH is 4. The van der Waals surface area contributed by atoms with Crippen LogP contribution in [0.2, 0.25) is 0 Å². The van der Waals surface area contributed by atoms with Gasteiger partial charge in [-0.1, -0.05) is 42.0 Å².